The van der Waals surface area contributed by atoms with E-state index in [2.05, 4.69) is 8.37 Å². The van der Waals surface area contributed by atoms with Crippen LogP contribution in [-0.2, 0) is 22.4 Å². The first-order valence-electron chi connectivity index (χ1n) is 4.47. The second-order valence-electron chi connectivity index (χ2n) is 3.56. The standard InChI is InChI=1S/C8H16O5SSi/c1-7(9)12-14-13-8(10)5-6-15(3,4)11-2/h5-6H2,1-4H3. The highest BCUT2D eigenvalue weighted by atomic mass is 32.2. The summed E-state index contributed by atoms with van der Waals surface area (Å²) in [6, 6.07) is 0.683. The van der Waals surface area contributed by atoms with Crippen LogP contribution in [0.3, 0.4) is 0 Å². The Morgan fingerprint density at radius 1 is 1.27 bits per heavy atom. The van der Waals surface area contributed by atoms with Crippen LogP contribution >= 0.6 is 12.3 Å². The molecule has 88 valence electrons. The average Bonchev–Trinajstić information content (AvgIpc) is 2.14. The normalized spacial score (nSPS) is 10.9. The monoisotopic (exact) mass is 252 g/mol. The second kappa shape index (κ2) is 6.86. The van der Waals surface area contributed by atoms with Crippen LogP contribution in [0.5, 0.6) is 0 Å². The summed E-state index contributed by atoms with van der Waals surface area (Å²) in [5.74, 6) is -0.904. The zero-order chi connectivity index (χ0) is 11.9. The van der Waals surface area contributed by atoms with E-state index in [1.807, 2.05) is 13.1 Å². The fourth-order valence-electron chi connectivity index (χ4n) is 0.650. The Morgan fingerprint density at radius 2 is 1.87 bits per heavy atom. The Kier molecular flexibility index (Phi) is 6.62. The van der Waals surface area contributed by atoms with E-state index in [9.17, 15) is 9.59 Å². The topological polar surface area (TPSA) is 61.8 Å². The highest BCUT2D eigenvalue weighted by Crippen LogP contribution is 2.15. The summed E-state index contributed by atoms with van der Waals surface area (Å²) in [7, 11) is -0.0749. The van der Waals surface area contributed by atoms with Crippen LogP contribution in [0.2, 0.25) is 19.1 Å². The molecule has 5 nitrogen and oxygen atoms in total. The lowest BCUT2D eigenvalue weighted by Crippen LogP contribution is -2.29. The molecule has 0 aromatic heterocycles. The van der Waals surface area contributed by atoms with Gasteiger partial charge in [-0.25, -0.2) is 0 Å². The molecule has 0 aliphatic rings. The van der Waals surface area contributed by atoms with Crippen molar-refractivity contribution in [3.63, 3.8) is 0 Å². The third-order valence-corrected chi connectivity index (χ3v) is 4.88. The van der Waals surface area contributed by atoms with E-state index in [-0.39, 0.29) is 6.42 Å². The van der Waals surface area contributed by atoms with Crippen molar-refractivity contribution in [1.29, 1.82) is 0 Å². The first-order chi connectivity index (χ1) is 6.87. The molecule has 0 heterocycles. The van der Waals surface area contributed by atoms with Crippen LogP contribution in [-0.4, -0.2) is 27.4 Å². The summed E-state index contributed by atoms with van der Waals surface area (Å²) in [6.07, 6.45) is 0.279. The molecular formula is C8H16O5SSi. The Labute approximate surface area is 95.0 Å². The average molecular weight is 252 g/mol. The molecule has 0 amide bonds. The minimum atomic E-state index is -1.72. The summed E-state index contributed by atoms with van der Waals surface area (Å²) in [5, 5.41) is 0. The van der Waals surface area contributed by atoms with Crippen molar-refractivity contribution in [2.24, 2.45) is 0 Å². The maximum Gasteiger partial charge on any atom is 0.320 e. The first kappa shape index (κ1) is 14.5. The third-order valence-electron chi connectivity index (χ3n) is 1.76. The van der Waals surface area contributed by atoms with Crippen LogP contribution in [0.4, 0.5) is 0 Å². The second-order valence-corrected chi connectivity index (χ2v) is 8.46. The maximum absolute atomic E-state index is 11.1. The van der Waals surface area contributed by atoms with Gasteiger partial charge in [-0.1, -0.05) is 0 Å². The Balaban J connectivity index is 3.62. The molecule has 15 heavy (non-hydrogen) atoms. The number of carbonyl (C=O) groups is 2. The molecule has 0 saturated carbocycles. The van der Waals surface area contributed by atoms with Crippen molar-refractivity contribution >= 4 is 32.6 Å². The van der Waals surface area contributed by atoms with Crippen LogP contribution in [0.25, 0.3) is 0 Å². The SMILES string of the molecule is CO[Si](C)(C)CCC(=O)OSOC(C)=O. The van der Waals surface area contributed by atoms with E-state index >= 15 is 0 Å². The van der Waals surface area contributed by atoms with Crippen LogP contribution in [0.15, 0.2) is 0 Å². The van der Waals surface area contributed by atoms with Gasteiger partial charge in [0.1, 0.15) is 0 Å². The van der Waals surface area contributed by atoms with E-state index in [0.717, 1.165) is 0 Å². The molecule has 0 unspecified atom stereocenters. The molecule has 0 radical (unpaired) electrons. The fraction of sp³-hybridized carbons (Fsp3) is 0.750. The van der Waals surface area contributed by atoms with Gasteiger partial charge in [-0.05, 0) is 19.1 Å². The van der Waals surface area contributed by atoms with E-state index in [1.54, 1.807) is 7.11 Å². The molecule has 0 aliphatic heterocycles. The number of hydrogen-bond acceptors (Lipinski definition) is 6. The summed E-state index contributed by atoms with van der Waals surface area (Å²) in [4.78, 5) is 21.5. The van der Waals surface area contributed by atoms with Gasteiger partial charge < -0.3 is 12.8 Å². The Hall–Kier alpha value is -0.533. The fourth-order valence-corrected chi connectivity index (χ4v) is 1.95. The van der Waals surface area contributed by atoms with Gasteiger partial charge in [0.25, 0.3) is 12.3 Å². The van der Waals surface area contributed by atoms with Gasteiger partial charge in [-0.15, -0.1) is 0 Å². The summed E-state index contributed by atoms with van der Waals surface area (Å²) in [6.45, 7) is 5.26. The van der Waals surface area contributed by atoms with E-state index in [4.69, 9.17) is 4.43 Å². The molecule has 0 aromatic rings. The summed E-state index contributed by atoms with van der Waals surface area (Å²) >= 11 is 0.403. The van der Waals surface area contributed by atoms with Crippen LogP contribution < -0.4 is 0 Å². The first-order valence-corrected chi connectivity index (χ1v) is 8.25. The molecule has 0 N–H and O–H groups in total. The van der Waals surface area contributed by atoms with E-state index in [0.29, 0.717) is 18.4 Å². The van der Waals surface area contributed by atoms with Gasteiger partial charge in [0.05, 0.1) is 0 Å². The van der Waals surface area contributed by atoms with Crippen LogP contribution in [0, 0.1) is 0 Å². The molecule has 0 rings (SSSR count). The van der Waals surface area contributed by atoms with Crippen molar-refractivity contribution in [2.75, 3.05) is 7.11 Å². The van der Waals surface area contributed by atoms with Gasteiger partial charge in [-0.2, -0.15) is 0 Å². The molecule has 0 spiro atoms. The van der Waals surface area contributed by atoms with Crippen molar-refractivity contribution in [3.8, 4) is 0 Å². The molecule has 0 fully saturated rings. The van der Waals surface area contributed by atoms with E-state index < -0.39 is 20.3 Å². The zero-order valence-corrected chi connectivity index (χ0v) is 11.2. The van der Waals surface area contributed by atoms with Gasteiger partial charge in [0.15, 0.2) is 8.32 Å². The summed E-state index contributed by atoms with van der Waals surface area (Å²) in [5.41, 5.74) is 0. The third kappa shape index (κ3) is 8.46. The molecule has 0 aliphatic carbocycles. The molecule has 7 heteroatoms. The Morgan fingerprint density at radius 3 is 2.33 bits per heavy atom. The lowest BCUT2D eigenvalue weighted by Gasteiger charge is -2.18. The number of carbonyl (C=O) groups excluding carboxylic acids is 2. The molecule has 0 atom stereocenters. The molecule has 0 saturated heterocycles. The quantitative estimate of drug-likeness (QED) is 0.531. The smallest absolute Gasteiger partial charge is 0.320 e. The number of rotatable bonds is 6. The summed E-state index contributed by atoms with van der Waals surface area (Å²) < 4.78 is 14.2. The van der Waals surface area contributed by atoms with Gasteiger partial charge >= 0.3 is 11.9 Å². The van der Waals surface area contributed by atoms with E-state index in [1.165, 1.54) is 6.92 Å². The van der Waals surface area contributed by atoms with Crippen molar-refractivity contribution in [1.82, 2.24) is 0 Å². The molecular weight excluding hydrogens is 236 g/mol. The molecule has 0 aromatic carbocycles. The predicted octanol–water partition coefficient (Wildman–Crippen LogP) is 1.90. The van der Waals surface area contributed by atoms with Crippen molar-refractivity contribution in [2.45, 2.75) is 32.5 Å². The van der Waals surface area contributed by atoms with Crippen LogP contribution in [0.1, 0.15) is 13.3 Å². The Bertz CT molecular complexity index is 231. The molecule has 0 bridgehead atoms. The minimum absolute atomic E-state index is 0.279. The van der Waals surface area contributed by atoms with Crippen molar-refractivity contribution in [3.05, 3.63) is 0 Å². The van der Waals surface area contributed by atoms with Gasteiger partial charge in [0, 0.05) is 20.5 Å². The highest BCUT2D eigenvalue weighted by Gasteiger charge is 2.22. The van der Waals surface area contributed by atoms with Gasteiger partial charge in [0.2, 0.25) is 0 Å². The zero-order valence-electron chi connectivity index (χ0n) is 9.36. The highest BCUT2D eigenvalue weighted by molar-refractivity contribution is 7.90. The number of hydrogen-bond donors (Lipinski definition) is 0. The van der Waals surface area contributed by atoms with Gasteiger partial charge in [-0.3, -0.25) is 9.59 Å². The van der Waals surface area contributed by atoms with Crippen molar-refractivity contribution < 1.29 is 22.4 Å². The lowest BCUT2D eigenvalue weighted by atomic mass is 10.5. The largest absolute Gasteiger partial charge is 0.420 e. The maximum atomic E-state index is 11.1. The lowest BCUT2D eigenvalue weighted by molar-refractivity contribution is -0.134. The predicted molar refractivity (Wildman–Crippen MR) is 59.4 cm³/mol. The minimum Gasteiger partial charge on any atom is -0.420 e.